The predicted octanol–water partition coefficient (Wildman–Crippen LogP) is 4.18. The highest BCUT2D eigenvalue weighted by Crippen LogP contribution is 2.36. The van der Waals surface area contributed by atoms with E-state index in [1.165, 1.54) is 0 Å². The fourth-order valence-electron chi connectivity index (χ4n) is 4.21. The van der Waals surface area contributed by atoms with Crippen molar-refractivity contribution < 1.29 is 14.3 Å². The maximum atomic E-state index is 13.4. The lowest BCUT2D eigenvalue weighted by atomic mass is 9.89. The van der Waals surface area contributed by atoms with E-state index in [4.69, 9.17) is 4.74 Å². The molecule has 1 unspecified atom stereocenters. The molecule has 0 fully saturated rings. The first-order valence-electron chi connectivity index (χ1n) is 9.63. The monoisotopic (exact) mass is 404 g/mol. The third kappa shape index (κ3) is 2.95. The second-order valence-corrected chi connectivity index (χ2v) is 8.82. The number of hydrogen-bond donors (Lipinski definition) is 0. The van der Waals surface area contributed by atoms with Crippen molar-refractivity contribution in [3.8, 4) is 11.3 Å². The van der Waals surface area contributed by atoms with Gasteiger partial charge in [-0.05, 0) is 49.6 Å². The maximum absolute atomic E-state index is 13.4. The Balaban J connectivity index is 1.45. The van der Waals surface area contributed by atoms with Gasteiger partial charge in [0.25, 0.3) is 5.91 Å². The van der Waals surface area contributed by atoms with E-state index >= 15 is 0 Å². The van der Waals surface area contributed by atoms with Crippen LogP contribution < -0.4 is 4.90 Å². The molecule has 1 amide bonds. The Kier molecular flexibility index (Phi) is 4.06. The molecule has 6 heteroatoms. The molecule has 1 aromatic heterocycles. The zero-order chi connectivity index (χ0) is 20.2. The Morgan fingerprint density at radius 2 is 2.03 bits per heavy atom. The predicted molar refractivity (Wildman–Crippen MR) is 112 cm³/mol. The summed E-state index contributed by atoms with van der Waals surface area (Å²) < 4.78 is 5.65. The number of anilines is 1. The van der Waals surface area contributed by atoms with Gasteiger partial charge in [0.1, 0.15) is 0 Å². The van der Waals surface area contributed by atoms with Crippen LogP contribution in [0.2, 0.25) is 0 Å². The molecule has 0 radical (unpaired) electrons. The van der Waals surface area contributed by atoms with E-state index in [2.05, 4.69) is 16.4 Å². The molecule has 0 saturated heterocycles. The van der Waals surface area contributed by atoms with E-state index in [0.29, 0.717) is 18.5 Å². The number of fused-ring (bicyclic) bond motifs is 2. The van der Waals surface area contributed by atoms with E-state index in [0.717, 1.165) is 39.5 Å². The molecule has 29 heavy (non-hydrogen) atoms. The Morgan fingerprint density at radius 1 is 1.21 bits per heavy atom. The van der Waals surface area contributed by atoms with Crippen LogP contribution in [0.5, 0.6) is 0 Å². The Morgan fingerprint density at radius 3 is 2.83 bits per heavy atom. The van der Waals surface area contributed by atoms with Crippen LogP contribution in [0.3, 0.4) is 0 Å². The second-order valence-electron chi connectivity index (χ2n) is 7.76. The summed E-state index contributed by atoms with van der Waals surface area (Å²) in [5.41, 5.74) is 4.24. The third-order valence-corrected chi connectivity index (χ3v) is 6.44. The average Bonchev–Trinajstić information content (AvgIpc) is 3.33. The molecule has 5 nitrogen and oxygen atoms in total. The highest BCUT2D eigenvalue weighted by molar-refractivity contribution is 7.09. The van der Waals surface area contributed by atoms with Crippen molar-refractivity contribution in [3.63, 3.8) is 0 Å². The minimum absolute atomic E-state index is 0.170. The van der Waals surface area contributed by atoms with E-state index in [9.17, 15) is 9.59 Å². The van der Waals surface area contributed by atoms with E-state index < -0.39 is 11.6 Å². The van der Waals surface area contributed by atoms with Gasteiger partial charge in [-0.1, -0.05) is 24.3 Å². The molecule has 146 valence electrons. The summed E-state index contributed by atoms with van der Waals surface area (Å²) in [4.78, 5) is 32.2. The number of aryl methyl sites for hydroxylation is 1. The molecule has 5 rings (SSSR count). The lowest BCUT2D eigenvalue weighted by Crippen LogP contribution is -2.53. The van der Waals surface area contributed by atoms with Crippen molar-refractivity contribution in [2.24, 2.45) is 0 Å². The Hall–Kier alpha value is -2.99. The van der Waals surface area contributed by atoms with Crippen molar-refractivity contribution in [1.29, 1.82) is 0 Å². The Labute approximate surface area is 173 Å². The Bertz CT molecular complexity index is 1150. The fourth-order valence-corrected chi connectivity index (χ4v) is 4.83. The largest absolute Gasteiger partial charge is 0.445 e. The number of rotatable bonds is 2. The number of cyclic esters (lactones) is 1. The summed E-state index contributed by atoms with van der Waals surface area (Å²) in [5.74, 6) is -0.604. The minimum Gasteiger partial charge on any atom is -0.445 e. The molecule has 0 aliphatic carbocycles. The summed E-state index contributed by atoms with van der Waals surface area (Å²) in [7, 11) is 0. The zero-order valence-electron chi connectivity index (χ0n) is 16.3. The van der Waals surface area contributed by atoms with Gasteiger partial charge < -0.3 is 9.64 Å². The van der Waals surface area contributed by atoms with Gasteiger partial charge in [0.2, 0.25) is 0 Å². The first-order valence-corrected chi connectivity index (χ1v) is 10.5. The number of ether oxygens (including phenoxy) is 1. The highest BCUT2D eigenvalue weighted by Gasteiger charge is 2.46. The molecule has 2 aromatic carbocycles. The number of aromatic nitrogens is 1. The van der Waals surface area contributed by atoms with Gasteiger partial charge in [-0.25, -0.2) is 9.78 Å². The molecule has 0 bridgehead atoms. The van der Waals surface area contributed by atoms with Gasteiger partial charge in [0.05, 0.1) is 16.3 Å². The van der Waals surface area contributed by atoms with Crippen LogP contribution in [0, 0.1) is 6.92 Å². The number of benzene rings is 2. The average molecular weight is 404 g/mol. The normalized spacial score (nSPS) is 20.2. The second kappa shape index (κ2) is 6.52. The number of nitrogens with zero attached hydrogens (tertiary/aromatic N) is 2. The lowest BCUT2D eigenvalue weighted by molar-refractivity contribution is -0.136. The van der Waals surface area contributed by atoms with Crippen LogP contribution in [0.25, 0.3) is 11.3 Å². The smallest absolute Gasteiger partial charge is 0.339 e. The zero-order valence-corrected chi connectivity index (χ0v) is 17.1. The van der Waals surface area contributed by atoms with Gasteiger partial charge in [-0.2, -0.15) is 0 Å². The maximum Gasteiger partial charge on any atom is 0.339 e. The number of thiazole rings is 1. The van der Waals surface area contributed by atoms with Crippen molar-refractivity contribution in [2.45, 2.75) is 32.3 Å². The van der Waals surface area contributed by atoms with Gasteiger partial charge in [-0.3, -0.25) is 4.79 Å². The molecule has 0 N–H and O–H groups in total. The number of carbonyl (C=O) groups is 2. The van der Waals surface area contributed by atoms with Crippen LogP contribution >= 0.6 is 11.3 Å². The molecule has 2 aliphatic rings. The van der Waals surface area contributed by atoms with Gasteiger partial charge in [0.15, 0.2) is 5.60 Å². The summed E-state index contributed by atoms with van der Waals surface area (Å²) in [6.45, 7) is 4.29. The highest BCUT2D eigenvalue weighted by atomic mass is 32.1. The summed E-state index contributed by atoms with van der Waals surface area (Å²) in [6, 6.07) is 13.4. The van der Waals surface area contributed by atoms with E-state index in [1.54, 1.807) is 29.2 Å². The van der Waals surface area contributed by atoms with Crippen LogP contribution in [-0.4, -0.2) is 29.0 Å². The molecular formula is C23H20N2O3S. The first-order chi connectivity index (χ1) is 13.9. The fraction of sp³-hybridized carbons (Fsp3) is 0.261. The van der Waals surface area contributed by atoms with Gasteiger partial charge >= 0.3 is 5.97 Å². The SMILES string of the molecule is Cc1nc(-c2ccc3c(c2)CCN3C(=O)C2(C)Cc3ccccc3C(=O)O2)cs1. The third-order valence-electron chi connectivity index (χ3n) is 5.67. The van der Waals surface area contributed by atoms with Crippen molar-refractivity contribution in [1.82, 2.24) is 4.98 Å². The number of carbonyl (C=O) groups excluding carboxylic acids is 2. The minimum atomic E-state index is -1.20. The molecular weight excluding hydrogens is 384 g/mol. The van der Waals surface area contributed by atoms with Crippen LogP contribution in [0.15, 0.2) is 47.8 Å². The molecule has 3 heterocycles. The molecule has 3 aromatic rings. The van der Waals surface area contributed by atoms with Crippen molar-refractivity contribution in [2.75, 3.05) is 11.4 Å². The van der Waals surface area contributed by atoms with E-state index in [-0.39, 0.29) is 5.91 Å². The summed E-state index contributed by atoms with van der Waals surface area (Å²) >= 11 is 1.63. The van der Waals surface area contributed by atoms with Crippen LogP contribution in [0.1, 0.15) is 33.4 Å². The summed E-state index contributed by atoms with van der Waals surface area (Å²) in [6.07, 6.45) is 1.16. The molecule has 0 saturated carbocycles. The van der Waals surface area contributed by atoms with Crippen molar-refractivity contribution in [3.05, 3.63) is 69.5 Å². The van der Waals surface area contributed by atoms with Gasteiger partial charge in [-0.15, -0.1) is 11.3 Å². The van der Waals surface area contributed by atoms with Crippen LogP contribution in [0.4, 0.5) is 5.69 Å². The van der Waals surface area contributed by atoms with Crippen molar-refractivity contribution >= 4 is 28.9 Å². The first kappa shape index (κ1) is 18.1. The molecule has 2 aliphatic heterocycles. The molecule has 1 atom stereocenters. The quantitative estimate of drug-likeness (QED) is 0.601. The van der Waals surface area contributed by atoms with Gasteiger partial charge in [0, 0.05) is 29.6 Å². The molecule has 0 spiro atoms. The standard InChI is InChI=1S/C23H20N2O3S/c1-14-24-19(13-29-14)15-7-8-20-16(11-15)9-10-25(20)22(27)23(2)12-17-5-3-4-6-18(17)21(26)28-23/h3-8,11,13H,9-10,12H2,1-2H3. The number of amides is 1. The lowest BCUT2D eigenvalue weighted by Gasteiger charge is -2.36. The summed E-state index contributed by atoms with van der Waals surface area (Å²) in [5, 5.41) is 3.08. The van der Waals surface area contributed by atoms with Crippen LogP contribution in [-0.2, 0) is 22.4 Å². The van der Waals surface area contributed by atoms with E-state index in [1.807, 2.05) is 37.3 Å². The number of hydrogen-bond acceptors (Lipinski definition) is 5. The topological polar surface area (TPSA) is 59.5 Å². The number of esters is 1.